The molecule has 0 aromatic carbocycles. The van der Waals surface area contributed by atoms with Crippen molar-refractivity contribution in [3.05, 3.63) is 0 Å². The molecule has 0 aliphatic carbocycles. The van der Waals surface area contributed by atoms with Gasteiger partial charge in [0, 0.05) is 6.42 Å². The molecule has 0 aliphatic heterocycles. The van der Waals surface area contributed by atoms with Gasteiger partial charge in [0.1, 0.15) is 14.2 Å². The lowest BCUT2D eigenvalue weighted by Gasteiger charge is -2.38. The predicted molar refractivity (Wildman–Crippen MR) is 99.1 cm³/mol. The largest absolute Gasteiger partial charge is 0.466 e. The summed E-state index contributed by atoms with van der Waals surface area (Å²) in [7, 11) is -3.35. The SMILES string of the molecule is CCOC(=O)CC[C@@H](C#C[Si](C)(C)C)O[Si](C)(C)C(C)(C)C. The van der Waals surface area contributed by atoms with Crippen LogP contribution < -0.4 is 0 Å². The van der Waals surface area contributed by atoms with Crippen molar-refractivity contribution in [2.24, 2.45) is 0 Å². The van der Waals surface area contributed by atoms with Crippen molar-refractivity contribution in [3.8, 4) is 11.5 Å². The Balaban J connectivity index is 5.02. The van der Waals surface area contributed by atoms with E-state index in [9.17, 15) is 4.79 Å². The Hall–Kier alpha value is -0.576. The molecule has 22 heavy (non-hydrogen) atoms. The molecule has 0 saturated heterocycles. The van der Waals surface area contributed by atoms with Gasteiger partial charge in [-0.05, 0) is 31.5 Å². The molecule has 0 aromatic rings. The molecule has 0 N–H and O–H groups in total. The Bertz CT molecular complexity index is 420. The van der Waals surface area contributed by atoms with E-state index in [1.54, 1.807) is 0 Å². The first-order valence-corrected chi connectivity index (χ1v) is 14.6. The lowest BCUT2D eigenvalue weighted by molar-refractivity contribution is -0.143. The van der Waals surface area contributed by atoms with Crippen molar-refractivity contribution in [1.29, 1.82) is 0 Å². The highest BCUT2D eigenvalue weighted by Gasteiger charge is 2.39. The van der Waals surface area contributed by atoms with Gasteiger partial charge in [0.15, 0.2) is 8.32 Å². The minimum atomic E-state index is -1.89. The van der Waals surface area contributed by atoms with Crippen LogP contribution in [0.15, 0.2) is 0 Å². The Morgan fingerprint density at radius 2 is 1.68 bits per heavy atom. The van der Waals surface area contributed by atoms with Crippen LogP contribution in [0, 0.1) is 11.5 Å². The lowest BCUT2D eigenvalue weighted by atomic mass is 10.2. The monoisotopic (exact) mass is 342 g/mol. The average Bonchev–Trinajstić information content (AvgIpc) is 2.30. The summed E-state index contributed by atoms with van der Waals surface area (Å²) in [5.41, 5.74) is 3.39. The third-order valence-electron chi connectivity index (χ3n) is 3.77. The van der Waals surface area contributed by atoms with Gasteiger partial charge in [0.05, 0.1) is 6.61 Å². The maximum Gasteiger partial charge on any atom is 0.305 e. The summed E-state index contributed by atoms with van der Waals surface area (Å²) in [5.74, 6) is 3.14. The Kier molecular flexibility index (Phi) is 8.11. The second-order valence-electron chi connectivity index (χ2n) is 8.23. The third kappa shape index (κ3) is 8.77. The van der Waals surface area contributed by atoms with Crippen LogP contribution in [-0.4, -0.2) is 35.1 Å². The molecule has 0 aromatic heterocycles. The van der Waals surface area contributed by atoms with Gasteiger partial charge in [-0.3, -0.25) is 4.79 Å². The zero-order valence-corrected chi connectivity index (χ0v) is 17.9. The number of carbonyl (C=O) groups excluding carboxylic acids is 1. The van der Waals surface area contributed by atoms with Gasteiger partial charge in [-0.15, -0.1) is 5.54 Å². The summed E-state index contributed by atoms with van der Waals surface area (Å²) < 4.78 is 11.4. The summed E-state index contributed by atoms with van der Waals surface area (Å²) >= 11 is 0. The Morgan fingerprint density at radius 1 is 1.14 bits per heavy atom. The van der Waals surface area contributed by atoms with Crippen LogP contribution in [-0.2, 0) is 14.0 Å². The molecule has 3 nitrogen and oxygen atoms in total. The summed E-state index contributed by atoms with van der Waals surface area (Å²) in [6.45, 7) is 20.0. The van der Waals surface area contributed by atoms with E-state index in [-0.39, 0.29) is 17.1 Å². The van der Waals surface area contributed by atoms with E-state index in [0.29, 0.717) is 19.4 Å². The zero-order valence-electron chi connectivity index (χ0n) is 15.9. The van der Waals surface area contributed by atoms with Gasteiger partial charge in [-0.25, -0.2) is 0 Å². The van der Waals surface area contributed by atoms with Crippen molar-refractivity contribution in [2.75, 3.05) is 6.61 Å². The fraction of sp³-hybridized carbons (Fsp3) is 0.824. The van der Waals surface area contributed by atoms with Crippen LogP contribution in [0.2, 0.25) is 37.8 Å². The number of carbonyl (C=O) groups is 1. The zero-order chi connectivity index (χ0) is 17.6. The summed E-state index contributed by atoms with van der Waals surface area (Å²) in [6.07, 6.45) is 0.813. The maximum absolute atomic E-state index is 11.6. The van der Waals surface area contributed by atoms with Crippen LogP contribution >= 0.6 is 0 Å². The van der Waals surface area contributed by atoms with Crippen molar-refractivity contribution in [3.63, 3.8) is 0 Å². The molecule has 5 heteroatoms. The molecular formula is C17H34O3Si2. The molecular weight excluding hydrogens is 308 g/mol. The van der Waals surface area contributed by atoms with Crippen molar-refractivity contribution in [1.82, 2.24) is 0 Å². The van der Waals surface area contributed by atoms with Gasteiger partial charge in [0.2, 0.25) is 0 Å². The topological polar surface area (TPSA) is 35.5 Å². The molecule has 0 amide bonds. The minimum Gasteiger partial charge on any atom is -0.466 e. The van der Waals surface area contributed by atoms with Gasteiger partial charge in [-0.1, -0.05) is 46.3 Å². The van der Waals surface area contributed by atoms with Crippen LogP contribution in [0.3, 0.4) is 0 Å². The van der Waals surface area contributed by atoms with Crippen LogP contribution in [0.5, 0.6) is 0 Å². The number of esters is 1. The molecule has 0 rings (SSSR count). The van der Waals surface area contributed by atoms with Crippen molar-refractivity contribution >= 4 is 22.4 Å². The standard InChI is InChI=1S/C17H34O3Si2/c1-10-19-16(18)12-11-15(13-14-21(5,6)7)20-22(8,9)17(2,3)4/h15H,10-12H2,1-9H3/t15-/m0/s1. The van der Waals surface area contributed by atoms with Gasteiger partial charge in [-0.2, -0.15) is 0 Å². The van der Waals surface area contributed by atoms with Crippen LogP contribution in [0.25, 0.3) is 0 Å². The quantitative estimate of drug-likeness (QED) is 0.402. The molecule has 1 atom stereocenters. The fourth-order valence-corrected chi connectivity index (χ4v) is 3.31. The van der Waals surface area contributed by atoms with E-state index in [0.717, 1.165) is 0 Å². The van der Waals surface area contributed by atoms with E-state index < -0.39 is 16.4 Å². The molecule has 0 fully saturated rings. The highest BCUT2D eigenvalue weighted by atomic mass is 28.4. The minimum absolute atomic E-state index is 0.135. The van der Waals surface area contributed by atoms with Crippen molar-refractivity contribution in [2.45, 2.75) is 84.4 Å². The van der Waals surface area contributed by atoms with Crippen LogP contribution in [0.4, 0.5) is 0 Å². The van der Waals surface area contributed by atoms with E-state index >= 15 is 0 Å². The van der Waals surface area contributed by atoms with E-state index in [4.69, 9.17) is 9.16 Å². The second kappa shape index (κ2) is 8.32. The molecule has 0 radical (unpaired) electrons. The van der Waals surface area contributed by atoms with Crippen molar-refractivity contribution < 1.29 is 14.0 Å². The molecule has 0 unspecified atom stereocenters. The van der Waals surface area contributed by atoms with E-state index in [2.05, 4.69) is 65.0 Å². The summed E-state index contributed by atoms with van der Waals surface area (Å²) in [6, 6.07) is 0. The molecule has 128 valence electrons. The molecule has 0 spiro atoms. The Labute approximate surface area is 139 Å². The maximum atomic E-state index is 11.6. The number of rotatable bonds is 6. The summed E-state index contributed by atoms with van der Waals surface area (Å²) in [5, 5.41) is 0.135. The number of hydrogen-bond acceptors (Lipinski definition) is 3. The van der Waals surface area contributed by atoms with E-state index in [1.807, 2.05) is 6.92 Å². The molecule has 0 aliphatic rings. The fourth-order valence-electron chi connectivity index (χ4n) is 1.47. The normalized spacial score (nSPS) is 14.0. The van der Waals surface area contributed by atoms with E-state index in [1.165, 1.54) is 0 Å². The molecule has 0 heterocycles. The average molecular weight is 343 g/mol. The summed E-state index contributed by atoms with van der Waals surface area (Å²) in [4.78, 5) is 11.6. The first kappa shape index (κ1) is 21.4. The molecule has 0 bridgehead atoms. The van der Waals surface area contributed by atoms with Gasteiger partial charge >= 0.3 is 5.97 Å². The molecule has 0 saturated carbocycles. The first-order chi connectivity index (χ1) is 9.78. The highest BCUT2D eigenvalue weighted by Crippen LogP contribution is 2.37. The predicted octanol–water partition coefficient (Wildman–Crippen LogP) is 4.60. The van der Waals surface area contributed by atoms with Gasteiger partial charge < -0.3 is 9.16 Å². The number of hydrogen-bond donors (Lipinski definition) is 0. The Morgan fingerprint density at radius 3 is 2.09 bits per heavy atom. The smallest absolute Gasteiger partial charge is 0.305 e. The highest BCUT2D eigenvalue weighted by molar-refractivity contribution is 6.83. The second-order valence-corrected chi connectivity index (χ2v) is 17.7. The van der Waals surface area contributed by atoms with Crippen LogP contribution in [0.1, 0.15) is 40.5 Å². The number of ether oxygens (including phenoxy) is 1. The lowest BCUT2D eigenvalue weighted by Crippen LogP contribution is -2.43. The van der Waals surface area contributed by atoms with Gasteiger partial charge in [0.25, 0.3) is 0 Å². The first-order valence-electron chi connectivity index (χ1n) is 8.14. The third-order valence-corrected chi connectivity index (χ3v) is 9.15.